The highest BCUT2D eigenvalue weighted by atomic mass is 16.2. The van der Waals surface area contributed by atoms with Crippen molar-refractivity contribution in [3.05, 3.63) is 64.3 Å². The predicted octanol–water partition coefficient (Wildman–Crippen LogP) is 2.43. The van der Waals surface area contributed by atoms with Gasteiger partial charge in [-0.15, -0.1) is 0 Å². The van der Waals surface area contributed by atoms with Crippen LogP contribution in [0.15, 0.2) is 47.5 Å². The van der Waals surface area contributed by atoms with E-state index in [9.17, 15) is 9.59 Å². The minimum atomic E-state index is -0.283. The zero-order valence-corrected chi connectivity index (χ0v) is 12.0. The molecule has 2 aromatic heterocycles. The average molecular weight is 285 g/mol. The smallest absolute Gasteiger partial charge is 0.268 e. The van der Waals surface area contributed by atoms with Crippen LogP contribution in [0.25, 0.3) is 0 Å². The number of unbranched alkanes of at least 4 members (excludes halogenated alkanes) is 1. The molecule has 0 aromatic carbocycles. The quantitative estimate of drug-likeness (QED) is 0.856. The number of amides is 1. The molecule has 0 saturated carbocycles. The van der Waals surface area contributed by atoms with E-state index in [1.54, 1.807) is 24.5 Å². The molecule has 2 aromatic rings. The number of nitrogens with one attached hydrogen (secondary N) is 2. The molecule has 1 atom stereocenters. The molecular formula is C16H19N3O2. The Morgan fingerprint density at radius 2 is 2.19 bits per heavy atom. The van der Waals surface area contributed by atoms with Gasteiger partial charge in [-0.3, -0.25) is 14.6 Å². The molecule has 0 aliphatic heterocycles. The first-order valence-corrected chi connectivity index (χ1v) is 7.11. The summed E-state index contributed by atoms with van der Waals surface area (Å²) in [6.07, 6.45) is 6.36. The van der Waals surface area contributed by atoms with Crippen LogP contribution in [0.1, 0.15) is 48.3 Å². The lowest BCUT2D eigenvalue weighted by Gasteiger charge is -2.18. The largest absolute Gasteiger partial charge is 0.344 e. The zero-order valence-electron chi connectivity index (χ0n) is 12.0. The van der Waals surface area contributed by atoms with E-state index < -0.39 is 0 Å². The second-order valence-corrected chi connectivity index (χ2v) is 4.88. The van der Waals surface area contributed by atoms with Gasteiger partial charge in [0.2, 0.25) is 5.56 Å². The lowest BCUT2D eigenvalue weighted by atomic mass is 10.0. The van der Waals surface area contributed by atoms with Gasteiger partial charge in [0.25, 0.3) is 5.91 Å². The molecule has 0 aliphatic carbocycles. The summed E-state index contributed by atoms with van der Waals surface area (Å²) in [6.45, 7) is 2.11. The highest BCUT2D eigenvalue weighted by Crippen LogP contribution is 2.18. The van der Waals surface area contributed by atoms with Crippen LogP contribution in [0.2, 0.25) is 0 Å². The first-order chi connectivity index (χ1) is 10.2. The SMILES string of the molecule is CCCC[C@H](NC(=O)c1cccc(=O)[nH]1)c1cccnc1. The number of nitrogens with zero attached hydrogens (tertiary/aromatic N) is 1. The molecule has 0 saturated heterocycles. The molecule has 2 heterocycles. The molecule has 5 heteroatoms. The topological polar surface area (TPSA) is 74.8 Å². The number of pyridine rings is 2. The van der Waals surface area contributed by atoms with Gasteiger partial charge in [0.1, 0.15) is 5.69 Å². The number of rotatable bonds is 6. The molecule has 0 spiro atoms. The Bertz CT molecular complexity index is 637. The Hall–Kier alpha value is -2.43. The van der Waals surface area contributed by atoms with Crippen LogP contribution in [-0.4, -0.2) is 15.9 Å². The number of hydrogen-bond acceptors (Lipinski definition) is 3. The van der Waals surface area contributed by atoms with Crippen LogP contribution in [0.3, 0.4) is 0 Å². The highest BCUT2D eigenvalue weighted by Gasteiger charge is 2.16. The monoisotopic (exact) mass is 285 g/mol. The molecule has 2 rings (SSSR count). The maximum Gasteiger partial charge on any atom is 0.268 e. The van der Waals surface area contributed by atoms with E-state index in [4.69, 9.17) is 0 Å². The standard InChI is InChI=1S/C16H19N3O2/c1-2-3-7-13(12-6-5-10-17-11-12)19-16(21)14-8-4-9-15(20)18-14/h4-6,8-11,13H,2-3,7H2,1H3,(H,18,20)(H,19,21)/t13-/m0/s1. The molecule has 0 radical (unpaired) electrons. The summed E-state index contributed by atoms with van der Waals surface area (Å²) in [5.74, 6) is -0.280. The Morgan fingerprint density at radius 3 is 2.86 bits per heavy atom. The fourth-order valence-corrected chi connectivity index (χ4v) is 2.13. The molecule has 0 aliphatic rings. The number of carbonyl (C=O) groups is 1. The van der Waals surface area contributed by atoms with Crippen LogP contribution in [0.4, 0.5) is 0 Å². The lowest BCUT2D eigenvalue weighted by Crippen LogP contribution is -2.30. The first-order valence-electron chi connectivity index (χ1n) is 7.11. The first kappa shape index (κ1) is 15.0. The number of carbonyl (C=O) groups excluding carboxylic acids is 1. The van der Waals surface area contributed by atoms with Crippen molar-refractivity contribution in [3.63, 3.8) is 0 Å². The van der Waals surface area contributed by atoms with Gasteiger partial charge in [-0.05, 0) is 24.1 Å². The van der Waals surface area contributed by atoms with Crippen LogP contribution in [0.5, 0.6) is 0 Å². The zero-order chi connectivity index (χ0) is 15.1. The van der Waals surface area contributed by atoms with Crippen molar-refractivity contribution in [2.45, 2.75) is 32.2 Å². The van der Waals surface area contributed by atoms with Crippen molar-refractivity contribution in [2.24, 2.45) is 0 Å². The van der Waals surface area contributed by atoms with E-state index in [0.29, 0.717) is 0 Å². The second kappa shape index (κ2) is 7.38. The number of aromatic amines is 1. The maximum atomic E-state index is 12.2. The van der Waals surface area contributed by atoms with Gasteiger partial charge in [0, 0.05) is 18.5 Å². The summed E-state index contributed by atoms with van der Waals surface area (Å²) >= 11 is 0. The molecule has 0 fully saturated rings. The van der Waals surface area contributed by atoms with Crippen molar-refractivity contribution in [1.82, 2.24) is 15.3 Å². The van der Waals surface area contributed by atoms with Gasteiger partial charge in [-0.2, -0.15) is 0 Å². The van der Waals surface area contributed by atoms with Crippen molar-refractivity contribution in [1.29, 1.82) is 0 Å². The van der Waals surface area contributed by atoms with Gasteiger partial charge in [0.15, 0.2) is 0 Å². The summed E-state index contributed by atoms with van der Waals surface area (Å²) in [5, 5.41) is 2.96. The van der Waals surface area contributed by atoms with Gasteiger partial charge < -0.3 is 10.3 Å². The van der Waals surface area contributed by atoms with E-state index in [0.717, 1.165) is 24.8 Å². The molecule has 1 amide bonds. The van der Waals surface area contributed by atoms with Crippen molar-refractivity contribution < 1.29 is 4.79 Å². The number of aromatic nitrogens is 2. The fraction of sp³-hybridized carbons (Fsp3) is 0.312. The number of hydrogen-bond donors (Lipinski definition) is 2. The molecular weight excluding hydrogens is 266 g/mol. The Balaban J connectivity index is 2.15. The Labute approximate surface area is 123 Å². The van der Waals surface area contributed by atoms with E-state index in [-0.39, 0.29) is 23.2 Å². The molecule has 0 unspecified atom stereocenters. The molecule has 2 N–H and O–H groups in total. The van der Waals surface area contributed by atoms with Crippen molar-refractivity contribution in [2.75, 3.05) is 0 Å². The third-order valence-electron chi connectivity index (χ3n) is 3.25. The van der Waals surface area contributed by atoms with Gasteiger partial charge in [0.05, 0.1) is 6.04 Å². The van der Waals surface area contributed by atoms with E-state index in [1.807, 2.05) is 12.1 Å². The second-order valence-electron chi connectivity index (χ2n) is 4.88. The van der Waals surface area contributed by atoms with Crippen LogP contribution in [-0.2, 0) is 0 Å². The Kier molecular flexibility index (Phi) is 5.26. The van der Waals surface area contributed by atoms with E-state index in [2.05, 4.69) is 22.2 Å². The van der Waals surface area contributed by atoms with Crippen LogP contribution < -0.4 is 10.9 Å². The van der Waals surface area contributed by atoms with Crippen molar-refractivity contribution in [3.8, 4) is 0 Å². The minimum absolute atomic E-state index is 0.102. The summed E-state index contributed by atoms with van der Waals surface area (Å²) in [6, 6.07) is 8.24. The lowest BCUT2D eigenvalue weighted by molar-refractivity contribution is 0.0928. The predicted molar refractivity (Wildman–Crippen MR) is 81.0 cm³/mol. The van der Waals surface area contributed by atoms with E-state index >= 15 is 0 Å². The Morgan fingerprint density at radius 1 is 1.33 bits per heavy atom. The summed E-state index contributed by atoms with van der Waals surface area (Å²) in [5.41, 5.74) is 0.958. The molecule has 0 bridgehead atoms. The van der Waals surface area contributed by atoms with Crippen LogP contribution >= 0.6 is 0 Å². The minimum Gasteiger partial charge on any atom is -0.344 e. The molecule has 110 valence electrons. The van der Waals surface area contributed by atoms with Gasteiger partial charge >= 0.3 is 0 Å². The van der Waals surface area contributed by atoms with Gasteiger partial charge in [-0.1, -0.05) is 31.9 Å². The summed E-state index contributed by atoms with van der Waals surface area (Å²) in [7, 11) is 0. The summed E-state index contributed by atoms with van der Waals surface area (Å²) in [4.78, 5) is 30.2. The molecule has 5 nitrogen and oxygen atoms in total. The summed E-state index contributed by atoms with van der Waals surface area (Å²) < 4.78 is 0. The highest BCUT2D eigenvalue weighted by molar-refractivity contribution is 5.92. The van der Waals surface area contributed by atoms with Crippen molar-refractivity contribution >= 4 is 5.91 Å². The fourth-order valence-electron chi connectivity index (χ4n) is 2.13. The third-order valence-corrected chi connectivity index (χ3v) is 3.25. The van der Waals surface area contributed by atoms with E-state index in [1.165, 1.54) is 6.07 Å². The third kappa shape index (κ3) is 4.27. The van der Waals surface area contributed by atoms with Crippen LogP contribution in [0, 0.1) is 0 Å². The maximum absolute atomic E-state index is 12.2. The number of H-pyrrole nitrogens is 1. The normalized spacial score (nSPS) is 11.9. The van der Waals surface area contributed by atoms with Gasteiger partial charge in [-0.25, -0.2) is 0 Å². The average Bonchev–Trinajstić information content (AvgIpc) is 2.52. The molecule has 21 heavy (non-hydrogen) atoms.